The summed E-state index contributed by atoms with van der Waals surface area (Å²) >= 11 is 1.63. The SMILES string of the molecule is CCSc1nc(C)n(Cc2ccc(-c3ccccc3C(=O)O)cc2)c1CO. The number of hydrogen-bond acceptors (Lipinski definition) is 4. The standard InChI is InChI=1S/C21H22N2O3S/c1-3-27-20-19(13-24)23(14(2)22-20)12-15-8-10-16(11-9-15)17-6-4-5-7-18(17)21(25)26/h4-11,24H,3,12-13H2,1-2H3,(H,25,26). The van der Waals surface area contributed by atoms with E-state index in [1.54, 1.807) is 23.9 Å². The number of hydrogen-bond donors (Lipinski definition) is 2. The molecule has 0 aliphatic rings. The van der Waals surface area contributed by atoms with E-state index in [9.17, 15) is 15.0 Å². The van der Waals surface area contributed by atoms with Crippen LogP contribution in [0.5, 0.6) is 0 Å². The molecule has 27 heavy (non-hydrogen) atoms. The summed E-state index contributed by atoms with van der Waals surface area (Å²) in [5.74, 6) is 0.841. The highest BCUT2D eigenvalue weighted by atomic mass is 32.2. The predicted octanol–water partition coefficient (Wildman–Crippen LogP) is 4.21. The van der Waals surface area contributed by atoms with Gasteiger partial charge in [-0.05, 0) is 35.4 Å². The molecule has 1 heterocycles. The Balaban J connectivity index is 1.89. The highest BCUT2D eigenvalue weighted by Crippen LogP contribution is 2.26. The smallest absolute Gasteiger partial charge is 0.336 e. The third-order valence-electron chi connectivity index (χ3n) is 4.42. The number of aromatic carboxylic acids is 1. The summed E-state index contributed by atoms with van der Waals surface area (Å²) in [6, 6.07) is 14.8. The Bertz CT molecular complexity index is 949. The predicted molar refractivity (Wildman–Crippen MR) is 107 cm³/mol. The second-order valence-electron chi connectivity index (χ2n) is 6.14. The van der Waals surface area contributed by atoms with E-state index in [0.717, 1.165) is 33.4 Å². The van der Waals surface area contributed by atoms with Crippen molar-refractivity contribution >= 4 is 17.7 Å². The number of nitrogens with zero attached hydrogens (tertiary/aromatic N) is 2. The fourth-order valence-electron chi connectivity index (χ4n) is 3.09. The van der Waals surface area contributed by atoms with E-state index in [-0.39, 0.29) is 6.61 Å². The molecule has 3 rings (SSSR count). The molecule has 0 amide bonds. The van der Waals surface area contributed by atoms with Gasteiger partial charge in [0.15, 0.2) is 0 Å². The van der Waals surface area contributed by atoms with Crippen LogP contribution < -0.4 is 0 Å². The summed E-state index contributed by atoms with van der Waals surface area (Å²) in [5.41, 5.74) is 3.76. The van der Waals surface area contributed by atoms with Crippen molar-refractivity contribution in [2.24, 2.45) is 0 Å². The van der Waals surface area contributed by atoms with Crippen LogP contribution >= 0.6 is 11.8 Å². The number of carboxylic acids is 1. The Morgan fingerprint density at radius 2 is 1.85 bits per heavy atom. The maximum absolute atomic E-state index is 11.4. The van der Waals surface area contributed by atoms with Gasteiger partial charge in [-0.25, -0.2) is 9.78 Å². The number of thioether (sulfide) groups is 1. The molecular formula is C21H22N2O3S. The first-order valence-electron chi connectivity index (χ1n) is 8.76. The van der Waals surface area contributed by atoms with Crippen molar-refractivity contribution < 1.29 is 15.0 Å². The van der Waals surface area contributed by atoms with Crippen molar-refractivity contribution in [3.63, 3.8) is 0 Å². The highest BCUT2D eigenvalue weighted by Gasteiger charge is 2.15. The van der Waals surface area contributed by atoms with Crippen molar-refractivity contribution in [3.8, 4) is 11.1 Å². The van der Waals surface area contributed by atoms with Gasteiger partial charge < -0.3 is 14.8 Å². The van der Waals surface area contributed by atoms with E-state index in [4.69, 9.17) is 0 Å². The summed E-state index contributed by atoms with van der Waals surface area (Å²) in [7, 11) is 0. The molecular weight excluding hydrogens is 360 g/mol. The van der Waals surface area contributed by atoms with Crippen LogP contribution in [0.25, 0.3) is 11.1 Å². The van der Waals surface area contributed by atoms with Crippen molar-refractivity contribution in [1.29, 1.82) is 0 Å². The lowest BCUT2D eigenvalue weighted by molar-refractivity contribution is 0.0697. The summed E-state index contributed by atoms with van der Waals surface area (Å²) in [4.78, 5) is 16.0. The van der Waals surface area contributed by atoms with Gasteiger partial charge in [0.25, 0.3) is 0 Å². The van der Waals surface area contributed by atoms with Gasteiger partial charge in [0.05, 0.1) is 17.9 Å². The molecule has 0 fully saturated rings. The summed E-state index contributed by atoms with van der Waals surface area (Å²) < 4.78 is 2.03. The number of carbonyl (C=O) groups is 1. The molecule has 1 aromatic heterocycles. The molecule has 140 valence electrons. The molecule has 0 spiro atoms. The first-order chi connectivity index (χ1) is 13.0. The normalized spacial score (nSPS) is 10.9. The molecule has 0 saturated heterocycles. The average Bonchev–Trinajstić information content (AvgIpc) is 2.97. The minimum absolute atomic E-state index is 0.0484. The van der Waals surface area contributed by atoms with Crippen LogP contribution in [0.15, 0.2) is 53.6 Å². The molecule has 0 aliphatic heterocycles. The zero-order chi connectivity index (χ0) is 19.4. The zero-order valence-electron chi connectivity index (χ0n) is 15.3. The fourth-order valence-corrected chi connectivity index (χ4v) is 3.90. The first-order valence-corrected chi connectivity index (χ1v) is 9.75. The number of aromatic nitrogens is 2. The Labute approximate surface area is 162 Å². The summed E-state index contributed by atoms with van der Waals surface area (Å²) in [6.45, 7) is 4.57. The number of imidazole rings is 1. The summed E-state index contributed by atoms with van der Waals surface area (Å²) in [5, 5.41) is 20.0. The Morgan fingerprint density at radius 1 is 1.15 bits per heavy atom. The zero-order valence-corrected chi connectivity index (χ0v) is 16.2. The fraction of sp³-hybridized carbons (Fsp3) is 0.238. The third-order valence-corrected chi connectivity index (χ3v) is 5.31. The quantitative estimate of drug-likeness (QED) is 0.599. The van der Waals surface area contributed by atoms with Crippen molar-refractivity contribution in [1.82, 2.24) is 9.55 Å². The van der Waals surface area contributed by atoms with Crippen molar-refractivity contribution in [3.05, 3.63) is 71.2 Å². The number of benzene rings is 2. The lowest BCUT2D eigenvalue weighted by atomic mass is 9.99. The second-order valence-corrected chi connectivity index (χ2v) is 7.39. The third kappa shape index (κ3) is 4.07. The molecule has 0 bridgehead atoms. The maximum atomic E-state index is 11.4. The molecule has 0 atom stereocenters. The second kappa shape index (κ2) is 8.41. The van der Waals surface area contributed by atoms with Gasteiger partial charge in [0.2, 0.25) is 0 Å². The minimum atomic E-state index is -0.933. The molecule has 0 radical (unpaired) electrons. The first kappa shape index (κ1) is 19.2. The minimum Gasteiger partial charge on any atom is -0.478 e. The van der Waals surface area contributed by atoms with Crippen LogP contribution in [0.4, 0.5) is 0 Å². The van der Waals surface area contributed by atoms with E-state index in [1.807, 2.05) is 47.9 Å². The van der Waals surface area contributed by atoms with E-state index < -0.39 is 5.97 Å². The van der Waals surface area contributed by atoms with E-state index in [0.29, 0.717) is 17.7 Å². The van der Waals surface area contributed by atoms with Gasteiger partial charge in [-0.2, -0.15) is 0 Å². The lowest BCUT2D eigenvalue weighted by Gasteiger charge is -2.11. The molecule has 6 heteroatoms. The highest BCUT2D eigenvalue weighted by molar-refractivity contribution is 7.99. The number of aliphatic hydroxyl groups excluding tert-OH is 1. The maximum Gasteiger partial charge on any atom is 0.336 e. The lowest BCUT2D eigenvalue weighted by Crippen LogP contribution is -2.07. The van der Waals surface area contributed by atoms with Crippen LogP contribution in [0.2, 0.25) is 0 Å². The van der Waals surface area contributed by atoms with Crippen LogP contribution in [-0.2, 0) is 13.2 Å². The molecule has 2 N–H and O–H groups in total. The van der Waals surface area contributed by atoms with Crippen molar-refractivity contribution in [2.75, 3.05) is 5.75 Å². The van der Waals surface area contributed by atoms with Gasteiger partial charge in [-0.1, -0.05) is 49.4 Å². The van der Waals surface area contributed by atoms with Crippen LogP contribution in [-0.4, -0.2) is 31.5 Å². The molecule has 0 saturated carbocycles. The molecule has 3 aromatic rings. The largest absolute Gasteiger partial charge is 0.478 e. The van der Waals surface area contributed by atoms with Crippen LogP contribution in [0.3, 0.4) is 0 Å². The van der Waals surface area contributed by atoms with Crippen molar-refractivity contribution in [2.45, 2.75) is 32.0 Å². The summed E-state index contributed by atoms with van der Waals surface area (Å²) in [6.07, 6.45) is 0. The van der Waals surface area contributed by atoms with Crippen LogP contribution in [0, 0.1) is 6.92 Å². The van der Waals surface area contributed by atoms with Gasteiger partial charge in [-0.15, -0.1) is 11.8 Å². The average molecular weight is 382 g/mol. The number of aryl methyl sites for hydroxylation is 1. The molecule has 2 aromatic carbocycles. The number of carboxylic acid groups (broad SMARTS) is 1. The van der Waals surface area contributed by atoms with Crippen LogP contribution in [0.1, 0.15) is 34.4 Å². The Hall–Kier alpha value is -2.57. The van der Waals surface area contributed by atoms with Gasteiger partial charge in [0.1, 0.15) is 10.9 Å². The van der Waals surface area contributed by atoms with E-state index in [1.165, 1.54) is 0 Å². The molecule has 5 nitrogen and oxygen atoms in total. The van der Waals surface area contributed by atoms with Gasteiger partial charge in [-0.3, -0.25) is 0 Å². The Kier molecular flexibility index (Phi) is 5.98. The topological polar surface area (TPSA) is 75.4 Å². The molecule has 0 unspecified atom stereocenters. The van der Waals surface area contributed by atoms with E-state index in [2.05, 4.69) is 11.9 Å². The Morgan fingerprint density at radius 3 is 2.48 bits per heavy atom. The number of rotatable bonds is 7. The number of aliphatic hydroxyl groups is 1. The monoisotopic (exact) mass is 382 g/mol. The van der Waals surface area contributed by atoms with Gasteiger partial charge >= 0.3 is 5.97 Å². The molecule has 0 aliphatic carbocycles. The van der Waals surface area contributed by atoms with E-state index >= 15 is 0 Å². The van der Waals surface area contributed by atoms with Gasteiger partial charge in [0, 0.05) is 6.54 Å².